The number of rotatable bonds is 9. The summed E-state index contributed by atoms with van der Waals surface area (Å²) in [6.45, 7) is 3.16. The van der Waals surface area contributed by atoms with Gasteiger partial charge in [0, 0.05) is 31.8 Å². The highest BCUT2D eigenvalue weighted by atomic mass is 35.5. The molecule has 1 heterocycles. The van der Waals surface area contributed by atoms with E-state index < -0.39 is 5.25 Å². The lowest BCUT2D eigenvalue weighted by atomic mass is 10.2. The first-order chi connectivity index (χ1) is 12.0. The van der Waals surface area contributed by atoms with Gasteiger partial charge in [-0.1, -0.05) is 41.6 Å². The molecule has 2 aromatic rings. The van der Waals surface area contributed by atoms with Gasteiger partial charge < -0.3 is 10.1 Å². The lowest BCUT2D eigenvalue weighted by Gasteiger charge is -2.12. The molecule has 136 valence electrons. The van der Waals surface area contributed by atoms with Crippen LogP contribution in [-0.2, 0) is 22.6 Å². The number of amides is 1. The Kier molecular flexibility index (Phi) is 7.54. The first-order valence-corrected chi connectivity index (χ1v) is 9.10. The topological polar surface area (TPSA) is 89.0 Å². The fourth-order valence-electron chi connectivity index (χ4n) is 2.14. The number of carbonyl (C=O) groups excluding carboxylic acids is 1. The van der Waals surface area contributed by atoms with E-state index in [1.807, 2.05) is 18.2 Å². The monoisotopic (exact) mass is 384 g/mol. The van der Waals surface area contributed by atoms with Gasteiger partial charge in [-0.3, -0.25) is 9.36 Å². The van der Waals surface area contributed by atoms with Crippen molar-refractivity contribution >= 4 is 29.3 Å². The van der Waals surface area contributed by atoms with E-state index in [2.05, 4.69) is 15.5 Å². The normalized spacial score (nSPS) is 12.1. The van der Waals surface area contributed by atoms with Crippen molar-refractivity contribution in [3.05, 3.63) is 45.3 Å². The minimum Gasteiger partial charge on any atom is -0.385 e. The van der Waals surface area contributed by atoms with E-state index in [4.69, 9.17) is 16.3 Å². The molecule has 7 nitrogen and oxygen atoms in total. The third-order valence-electron chi connectivity index (χ3n) is 3.52. The van der Waals surface area contributed by atoms with Crippen molar-refractivity contribution in [3.63, 3.8) is 0 Å². The molecule has 0 bridgehead atoms. The number of hydrogen-bond donors (Lipinski definition) is 2. The second-order valence-corrected chi connectivity index (χ2v) is 7.09. The molecule has 9 heteroatoms. The number of carbonyl (C=O) groups is 1. The van der Waals surface area contributed by atoms with Gasteiger partial charge in [-0.05, 0) is 25.0 Å². The molecule has 0 aliphatic rings. The van der Waals surface area contributed by atoms with Crippen LogP contribution in [-0.4, -0.2) is 39.6 Å². The molecular formula is C16H21ClN4O3S. The van der Waals surface area contributed by atoms with Gasteiger partial charge in [-0.15, -0.1) is 5.10 Å². The second-order valence-electron chi connectivity index (χ2n) is 5.38. The molecule has 0 fully saturated rings. The van der Waals surface area contributed by atoms with Crippen LogP contribution in [0.15, 0.2) is 34.2 Å². The van der Waals surface area contributed by atoms with Crippen LogP contribution in [0, 0.1) is 0 Å². The van der Waals surface area contributed by atoms with Gasteiger partial charge in [0.1, 0.15) is 0 Å². The van der Waals surface area contributed by atoms with Crippen molar-refractivity contribution in [1.29, 1.82) is 0 Å². The number of hydrogen-bond acceptors (Lipinski definition) is 5. The van der Waals surface area contributed by atoms with Gasteiger partial charge in [0.25, 0.3) is 0 Å². The van der Waals surface area contributed by atoms with E-state index in [0.717, 1.165) is 5.56 Å². The van der Waals surface area contributed by atoms with Crippen molar-refractivity contribution < 1.29 is 9.53 Å². The Hall–Kier alpha value is -1.77. The number of benzene rings is 1. The first-order valence-electron chi connectivity index (χ1n) is 7.85. The van der Waals surface area contributed by atoms with Crippen LogP contribution in [0.5, 0.6) is 0 Å². The Morgan fingerprint density at radius 2 is 2.24 bits per heavy atom. The van der Waals surface area contributed by atoms with E-state index in [1.165, 1.54) is 16.3 Å². The van der Waals surface area contributed by atoms with Gasteiger partial charge in [-0.25, -0.2) is 9.89 Å². The largest absolute Gasteiger partial charge is 0.385 e. The average Bonchev–Trinajstić information content (AvgIpc) is 2.94. The van der Waals surface area contributed by atoms with Crippen molar-refractivity contribution in [2.24, 2.45) is 0 Å². The number of halogens is 1. The molecule has 0 aliphatic carbocycles. The van der Waals surface area contributed by atoms with Crippen LogP contribution < -0.4 is 11.0 Å². The summed E-state index contributed by atoms with van der Waals surface area (Å²) in [7, 11) is 1.61. The van der Waals surface area contributed by atoms with Crippen molar-refractivity contribution in [3.8, 4) is 0 Å². The summed E-state index contributed by atoms with van der Waals surface area (Å²) >= 11 is 7.31. The molecule has 1 aromatic heterocycles. The van der Waals surface area contributed by atoms with Crippen LogP contribution >= 0.6 is 23.4 Å². The number of aromatic nitrogens is 3. The maximum absolute atomic E-state index is 12.3. The summed E-state index contributed by atoms with van der Waals surface area (Å²) in [4.78, 5) is 24.1. The molecular weight excluding hydrogens is 364 g/mol. The van der Waals surface area contributed by atoms with E-state index >= 15 is 0 Å². The number of thioether (sulfide) groups is 1. The third kappa shape index (κ3) is 5.62. The highest BCUT2D eigenvalue weighted by molar-refractivity contribution is 8.00. The molecule has 0 aliphatic heterocycles. The molecule has 0 radical (unpaired) electrons. The van der Waals surface area contributed by atoms with Crippen LogP contribution in [0.2, 0.25) is 5.02 Å². The maximum atomic E-state index is 12.3. The highest BCUT2D eigenvalue weighted by Crippen LogP contribution is 2.20. The number of nitrogens with one attached hydrogen (secondary N) is 2. The summed E-state index contributed by atoms with van der Waals surface area (Å²) in [5.41, 5.74) is 0.563. The quantitative estimate of drug-likeness (QED) is 0.510. The molecule has 2 N–H and O–H groups in total. The zero-order chi connectivity index (χ0) is 18.2. The molecule has 1 aromatic carbocycles. The molecule has 1 atom stereocenters. The smallest absolute Gasteiger partial charge is 0.343 e. The number of H-pyrrole nitrogens is 1. The molecule has 1 amide bonds. The predicted octanol–water partition coefficient (Wildman–Crippen LogP) is 2.06. The molecule has 0 unspecified atom stereocenters. The molecule has 25 heavy (non-hydrogen) atoms. The lowest BCUT2D eigenvalue weighted by Crippen LogP contribution is -2.31. The number of nitrogens with zero attached hydrogens (tertiary/aromatic N) is 2. The van der Waals surface area contributed by atoms with Crippen molar-refractivity contribution in [2.75, 3.05) is 13.7 Å². The zero-order valence-corrected chi connectivity index (χ0v) is 15.7. The Labute approximate surface area is 155 Å². The molecule has 0 saturated carbocycles. The summed E-state index contributed by atoms with van der Waals surface area (Å²) in [6.07, 6.45) is 0.691. The van der Waals surface area contributed by atoms with Gasteiger partial charge in [-0.2, -0.15) is 0 Å². The third-order valence-corrected chi connectivity index (χ3v) is 4.97. The molecule has 0 saturated heterocycles. The Morgan fingerprint density at radius 1 is 1.48 bits per heavy atom. The standard InChI is InChI=1S/C16H21ClN4O3S/c1-11(14(22)18-10-12-6-3-4-7-13(12)17)25-16-20-19-15(23)21(16)8-5-9-24-2/h3-4,6-7,11H,5,8-10H2,1-2H3,(H,18,22)(H,19,23)/t11-/m0/s1. The number of aromatic amines is 1. The summed E-state index contributed by atoms with van der Waals surface area (Å²) < 4.78 is 6.51. The van der Waals surface area contributed by atoms with E-state index in [1.54, 1.807) is 20.1 Å². The van der Waals surface area contributed by atoms with Gasteiger partial charge in [0.15, 0.2) is 5.16 Å². The maximum Gasteiger partial charge on any atom is 0.343 e. The van der Waals surface area contributed by atoms with E-state index in [9.17, 15) is 9.59 Å². The minimum atomic E-state index is -0.404. The van der Waals surface area contributed by atoms with Crippen LogP contribution in [0.1, 0.15) is 18.9 Å². The number of methoxy groups -OCH3 is 1. The van der Waals surface area contributed by atoms with E-state index in [-0.39, 0.29) is 11.6 Å². The Balaban J connectivity index is 1.93. The summed E-state index contributed by atoms with van der Waals surface area (Å²) in [5, 5.41) is 9.96. The van der Waals surface area contributed by atoms with Crippen LogP contribution in [0.4, 0.5) is 0 Å². The first kappa shape index (κ1) is 19.6. The fraction of sp³-hybridized carbons (Fsp3) is 0.438. The lowest BCUT2D eigenvalue weighted by molar-refractivity contribution is -0.120. The van der Waals surface area contributed by atoms with Crippen LogP contribution in [0.3, 0.4) is 0 Å². The molecule has 0 spiro atoms. The minimum absolute atomic E-state index is 0.149. The van der Waals surface area contributed by atoms with Gasteiger partial charge in [0.2, 0.25) is 5.91 Å². The summed E-state index contributed by atoms with van der Waals surface area (Å²) in [5.74, 6) is -0.149. The molecule has 2 rings (SSSR count). The van der Waals surface area contributed by atoms with Crippen LogP contribution in [0.25, 0.3) is 0 Å². The van der Waals surface area contributed by atoms with Crippen molar-refractivity contribution in [1.82, 2.24) is 20.1 Å². The Bertz CT molecular complexity index is 762. The van der Waals surface area contributed by atoms with Crippen molar-refractivity contribution in [2.45, 2.75) is 36.8 Å². The average molecular weight is 385 g/mol. The van der Waals surface area contributed by atoms with Gasteiger partial charge in [0.05, 0.1) is 5.25 Å². The fourth-order valence-corrected chi connectivity index (χ4v) is 3.25. The second kappa shape index (κ2) is 9.65. The van der Waals surface area contributed by atoms with Gasteiger partial charge >= 0.3 is 5.69 Å². The Morgan fingerprint density at radius 3 is 2.96 bits per heavy atom. The van der Waals surface area contributed by atoms with E-state index in [0.29, 0.717) is 36.3 Å². The number of ether oxygens (including phenoxy) is 1. The SMILES string of the molecule is COCCCn1c(S[C@@H](C)C(=O)NCc2ccccc2Cl)n[nH]c1=O. The highest BCUT2D eigenvalue weighted by Gasteiger charge is 2.19. The predicted molar refractivity (Wildman–Crippen MR) is 98.0 cm³/mol. The summed E-state index contributed by atoms with van der Waals surface area (Å²) in [6, 6.07) is 7.35. The zero-order valence-electron chi connectivity index (χ0n) is 14.1.